The van der Waals surface area contributed by atoms with Gasteiger partial charge in [-0.05, 0) is 17.7 Å². The number of esters is 1. The van der Waals surface area contributed by atoms with E-state index in [0.29, 0.717) is 18.7 Å². The molecule has 0 spiro atoms. The first kappa shape index (κ1) is 19.0. The number of hydrogen-bond donors (Lipinski definition) is 1. The second kappa shape index (κ2) is 10.5. The van der Waals surface area contributed by atoms with Crippen molar-refractivity contribution in [1.29, 1.82) is 0 Å². The quantitative estimate of drug-likeness (QED) is 0.424. The molecular weight excluding hydrogens is 338 g/mol. The highest BCUT2D eigenvalue weighted by molar-refractivity contribution is 8.00. The molecule has 2 aromatic carbocycles. The number of benzene rings is 2. The third-order valence-corrected chi connectivity index (χ3v) is 4.38. The van der Waals surface area contributed by atoms with Crippen LogP contribution >= 0.6 is 11.8 Å². The Morgan fingerprint density at radius 2 is 1.76 bits per heavy atom. The molecule has 0 heterocycles. The van der Waals surface area contributed by atoms with Gasteiger partial charge in [0.1, 0.15) is 6.61 Å². The molecule has 25 heavy (non-hydrogen) atoms. The molecule has 5 nitrogen and oxygen atoms in total. The molecule has 0 aromatic heterocycles. The van der Waals surface area contributed by atoms with Crippen LogP contribution in [0.5, 0.6) is 0 Å². The van der Waals surface area contributed by atoms with Crippen LogP contribution in [-0.4, -0.2) is 37.9 Å². The van der Waals surface area contributed by atoms with E-state index in [1.54, 1.807) is 19.2 Å². The lowest BCUT2D eigenvalue weighted by Crippen LogP contribution is -2.28. The lowest BCUT2D eigenvalue weighted by molar-refractivity contribution is -0.118. The fraction of sp³-hybridized carbons (Fsp3) is 0.263. The van der Waals surface area contributed by atoms with Gasteiger partial charge < -0.3 is 14.8 Å². The van der Waals surface area contributed by atoms with E-state index in [-0.39, 0.29) is 18.3 Å². The zero-order chi connectivity index (χ0) is 17.9. The second-order valence-electron chi connectivity index (χ2n) is 5.19. The summed E-state index contributed by atoms with van der Waals surface area (Å²) < 4.78 is 10.3. The largest absolute Gasteiger partial charge is 0.457 e. The molecule has 0 saturated heterocycles. The molecule has 132 valence electrons. The number of ether oxygens (including phenoxy) is 2. The Labute approximate surface area is 151 Å². The maximum absolute atomic E-state index is 12.3. The van der Waals surface area contributed by atoms with E-state index >= 15 is 0 Å². The van der Waals surface area contributed by atoms with Gasteiger partial charge in [0.05, 0.1) is 17.9 Å². The summed E-state index contributed by atoms with van der Waals surface area (Å²) in [6, 6.07) is 16.6. The number of amides is 1. The van der Waals surface area contributed by atoms with Gasteiger partial charge in [0.2, 0.25) is 5.91 Å². The lowest BCUT2D eigenvalue weighted by atomic mass is 10.2. The number of methoxy groups -OCH3 is 1. The van der Waals surface area contributed by atoms with Crippen molar-refractivity contribution in [1.82, 2.24) is 5.32 Å². The van der Waals surface area contributed by atoms with Crippen LogP contribution in [0.25, 0.3) is 0 Å². The van der Waals surface area contributed by atoms with E-state index in [1.807, 2.05) is 42.5 Å². The predicted octanol–water partition coefficient (Wildman–Crippen LogP) is 2.90. The normalized spacial score (nSPS) is 10.3. The van der Waals surface area contributed by atoms with Crippen molar-refractivity contribution in [3.05, 3.63) is 65.7 Å². The molecule has 0 unspecified atom stereocenters. The molecule has 0 radical (unpaired) electrons. The minimum absolute atomic E-state index is 0.102. The molecule has 2 rings (SSSR count). The lowest BCUT2D eigenvalue weighted by Gasteiger charge is -2.10. The van der Waals surface area contributed by atoms with Gasteiger partial charge in [-0.15, -0.1) is 11.8 Å². The van der Waals surface area contributed by atoms with Crippen molar-refractivity contribution >= 4 is 23.6 Å². The molecule has 0 aliphatic rings. The number of carbonyl (C=O) groups excluding carboxylic acids is 2. The monoisotopic (exact) mass is 359 g/mol. The van der Waals surface area contributed by atoms with Gasteiger partial charge in [-0.1, -0.05) is 42.5 Å². The fourth-order valence-electron chi connectivity index (χ4n) is 2.05. The summed E-state index contributed by atoms with van der Waals surface area (Å²) in [6.45, 7) is 1.16. The molecule has 0 saturated carbocycles. The summed E-state index contributed by atoms with van der Waals surface area (Å²) in [5.41, 5.74) is 1.40. The second-order valence-corrected chi connectivity index (χ2v) is 6.21. The Balaban J connectivity index is 1.90. The molecule has 0 aliphatic heterocycles. The highest BCUT2D eigenvalue weighted by atomic mass is 32.2. The van der Waals surface area contributed by atoms with Crippen molar-refractivity contribution in [3.8, 4) is 0 Å². The van der Waals surface area contributed by atoms with Gasteiger partial charge in [-0.2, -0.15) is 0 Å². The van der Waals surface area contributed by atoms with Crippen LogP contribution in [0.3, 0.4) is 0 Å². The first-order valence-electron chi connectivity index (χ1n) is 7.89. The SMILES string of the molecule is COCCNC(=O)CSc1ccccc1C(=O)OCc1ccccc1. The van der Waals surface area contributed by atoms with Crippen LogP contribution in [0.15, 0.2) is 59.5 Å². The van der Waals surface area contributed by atoms with E-state index in [0.717, 1.165) is 10.5 Å². The van der Waals surface area contributed by atoms with E-state index in [9.17, 15) is 9.59 Å². The Bertz CT molecular complexity index is 691. The summed E-state index contributed by atoms with van der Waals surface area (Å²) in [4.78, 5) is 24.8. The number of rotatable bonds is 9. The summed E-state index contributed by atoms with van der Waals surface area (Å²) in [5.74, 6) is -0.270. The topological polar surface area (TPSA) is 64.6 Å². The van der Waals surface area contributed by atoms with E-state index in [4.69, 9.17) is 9.47 Å². The van der Waals surface area contributed by atoms with Crippen molar-refractivity contribution in [2.45, 2.75) is 11.5 Å². The number of thioether (sulfide) groups is 1. The minimum Gasteiger partial charge on any atom is -0.457 e. The van der Waals surface area contributed by atoms with Crippen molar-refractivity contribution in [3.63, 3.8) is 0 Å². The average molecular weight is 359 g/mol. The van der Waals surface area contributed by atoms with Crippen LogP contribution < -0.4 is 5.32 Å². The van der Waals surface area contributed by atoms with E-state index < -0.39 is 5.97 Å². The summed E-state index contributed by atoms with van der Waals surface area (Å²) in [7, 11) is 1.58. The van der Waals surface area contributed by atoms with Gasteiger partial charge in [-0.25, -0.2) is 4.79 Å². The van der Waals surface area contributed by atoms with Gasteiger partial charge >= 0.3 is 5.97 Å². The first-order chi connectivity index (χ1) is 12.2. The van der Waals surface area contributed by atoms with Crippen LogP contribution in [-0.2, 0) is 20.9 Å². The van der Waals surface area contributed by atoms with Crippen LogP contribution in [0.2, 0.25) is 0 Å². The fourth-order valence-corrected chi connectivity index (χ4v) is 2.92. The molecule has 2 aromatic rings. The highest BCUT2D eigenvalue weighted by Crippen LogP contribution is 2.23. The standard InChI is InChI=1S/C19H21NO4S/c1-23-12-11-20-18(21)14-25-17-10-6-5-9-16(17)19(22)24-13-15-7-3-2-4-8-15/h2-10H,11-14H2,1H3,(H,20,21). The van der Waals surface area contributed by atoms with Gasteiger partial charge in [-0.3, -0.25) is 4.79 Å². The number of nitrogens with one attached hydrogen (secondary N) is 1. The highest BCUT2D eigenvalue weighted by Gasteiger charge is 2.14. The third kappa shape index (κ3) is 6.60. The number of carbonyl (C=O) groups is 2. The summed E-state index contributed by atoms with van der Waals surface area (Å²) >= 11 is 1.31. The molecular formula is C19H21NO4S. The smallest absolute Gasteiger partial charge is 0.339 e. The van der Waals surface area contributed by atoms with Crippen molar-refractivity contribution < 1.29 is 19.1 Å². The Morgan fingerprint density at radius 1 is 1.04 bits per heavy atom. The maximum Gasteiger partial charge on any atom is 0.339 e. The third-order valence-electron chi connectivity index (χ3n) is 3.31. The average Bonchev–Trinajstić information content (AvgIpc) is 2.66. The molecule has 1 N–H and O–H groups in total. The zero-order valence-corrected chi connectivity index (χ0v) is 14.9. The van der Waals surface area contributed by atoms with Crippen molar-refractivity contribution in [2.24, 2.45) is 0 Å². The van der Waals surface area contributed by atoms with Gasteiger partial charge in [0.15, 0.2) is 0 Å². The van der Waals surface area contributed by atoms with Crippen molar-refractivity contribution in [2.75, 3.05) is 26.0 Å². The minimum atomic E-state index is -0.397. The Kier molecular flexibility index (Phi) is 8.01. The molecule has 0 bridgehead atoms. The molecule has 0 aliphatic carbocycles. The van der Waals surface area contributed by atoms with Crippen LogP contribution in [0, 0.1) is 0 Å². The summed E-state index contributed by atoms with van der Waals surface area (Å²) in [6.07, 6.45) is 0. The maximum atomic E-state index is 12.3. The zero-order valence-electron chi connectivity index (χ0n) is 14.1. The number of hydrogen-bond acceptors (Lipinski definition) is 5. The van der Waals surface area contributed by atoms with Crippen LogP contribution in [0.1, 0.15) is 15.9 Å². The summed E-state index contributed by atoms with van der Waals surface area (Å²) in [5, 5.41) is 2.75. The molecule has 0 fully saturated rings. The Morgan fingerprint density at radius 3 is 2.52 bits per heavy atom. The first-order valence-corrected chi connectivity index (χ1v) is 8.88. The predicted molar refractivity (Wildman–Crippen MR) is 97.6 cm³/mol. The van der Waals surface area contributed by atoms with Gasteiger partial charge in [0.25, 0.3) is 0 Å². The Hall–Kier alpha value is -2.31. The van der Waals surface area contributed by atoms with Gasteiger partial charge in [0, 0.05) is 18.6 Å². The van der Waals surface area contributed by atoms with E-state index in [1.165, 1.54) is 11.8 Å². The van der Waals surface area contributed by atoms with E-state index in [2.05, 4.69) is 5.32 Å². The molecule has 0 atom stereocenters. The van der Waals surface area contributed by atoms with Crippen LogP contribution in [0.4, 0.5) is 0 Å². The molecule has 1 amide bonds. The molecule has 6 heteroatoms.